The summed E-state index contributed by atoms with van der Waals surface area (Å²) in [6.07, 6.45) is 0.338. The van der Waals surface area contributed by atoms with Crippen LogP contribution in [0.1, 0.15) is 28.7 Å². The lowest BCUT2D eigenvalue weighted by Crippen LogP contribution is -2.46. The highest BCUT2D eigenvalue weighted by molar-refractivity contribution is 5.87. The largest absolute Gasteiger partial charge is 0.448 e. The number of aryl methyl sites for hydroxylation is 1. The number of pyridine rings is 1. The van der Waals surface area contributed by atoms with Gasteiger partial charge in [-0.05, 0) is 37.1 Å². The molecule has 7 nitrogen and oxygen atoms in total. The van der Waals surface area contributed by atoms with Crippen LogP contribution in [-0.4, -0.2) is 58.0 Å². The Balaban J connectivity index is 1.57. The smallest absolute Gasteiger partial charge is 0.410 e. The van der Waals surface area contributed by atoms with Gasteiger partial charge in [-0.15, -0.1) is 0 Å². The fourth-order valence-electron chi connectivity index (χ4n) is 4.36. The van der Waals surface area contributed by atoms with E-state index >= 15 is 0 Å². The molecule has 0 radical (unpaired) electrons. The van der Waals surface area contributed by atoms with E-state index < -0.39 is 6.09 Å². The second-order valence-electron chi connectivity index (χ2n) is 7.54. The number of H-pyrrole nitrogens is 1. The number of benzene rings is 1. The maximum Gasteiger partial charge on any atom is 0.410 e. The van der Waals surface area contributed by atoms with Crippen LogP contribution in [0.15, 0.2) is 42.5 Å². The molecule has 0 aliphatic carbocycles. The summed E-state index contributed by atoms with van der Waals surface area (Å²) in [7, 11) is 0. The molecule has 3 aromatic rings. The maximum atomic E-state index is 13.2. The van der Waals surface area contributed by atoms with E-state index in [1.165, 1.54) is 15.8 Å². The minimum absolute atomic E-state index is 0.0245. The van der Waals surface area contributed by atoms with Crippen LogP contribution in [0.3, 0.4) is 0 Å². The summed E-state index contributed by atoms with van der Waals surface area (Å²) in [5.74, 6) is -0.0959. The average molecular weight is 390 g/mol. The summed E-state index contributed by atoms with van der Waals surface area (Å²) in [4.78, 5) is 36.6. The van der Waals surface area contributed by atoms with Crippen LogP contribution in [-0.2, 0) is 16.0 Å². The van der Waals surface area contributed by atoms with Gasteiger partial charge >= 0.3 is 6.09 Å². The number of amides is 2. The first kappa shape index (κ1) is 17.7. The van der Waals surface area contributed by atoms with E-state index in [2.05, 4.69) is 17.1 Å². The summed E-state index contributed by atoms with van der Waals surface area (Å²) in [5.41, 5.74) is 5.04. The molecule has 1 fully saturated rings. The van der Waals surface area contributed by atoms with E-state index in [-0.39, 0.29) is 18.5 Å². The third kappa shape index (κ3) is 3.03. The lowest BCUT2D eigenvalue weighted by Gasteiger charge is -2.36. The number of para-hydroxylation sites is 1. The number of aromatic nitrogens is 2. The quantitative estimate of drug-likeness (QED) is 0.746. The molecule has 1 aromatic carbocycles. The fraction of sp³-hybridized carbons (Fsp3) is 0.318. The number of hydrogen-bond donors (Lipinski definition) is 1. The molecule has 4 heterocycles. The molecule has 0 unspecified atom stereocenters. The highest BCUT2D eigenvalue weighted by Crippen LogP contribution is 2.37. The molecule has 0 saturated carbocycles. The van der Waals surface area contributed by atoms with E-state index in [4.69, 9.17) is 9.72 Å². The highest BCUT2D eigenvalue weighted by Gasteiger charge is 2.37. The molecule has 0 spiro atoms. The Morgan fingerprint density at radius 1 is 1.21 bits per heavy atom. The number of carbonyl (C=O) groups is 2. The molecular formula is C22H22N4O3. The Hall–Kier alpha value is -3.35. The Morgan fingerprint density at radius 3 is 2.86 bits per heavy atom. The predicted octanol–water partition coefficient (Wildman–Crippen LogP) is 2.80. The van der Waals surface area contributed by atoms with Crippen LogP contribution < -0.4 is 0 Å². The number of aromatic amines is 1. The Kier molecular flexibility index (Phi) is 4.23. The van der Waals surface area contributed by atoms with Crippen molar-refractivity contribution in [1.82, 2.24) is 19.8 Å². The highest BCUT2D eigenvalue weighted by atomic mass is 16.6. The van der Waals surface area contributed by atoms with Gasteiger partial charge in [-0.3, -0.25) is 14.7 Å². The molecule has 2 amide bonds. The zero-order chi connectivity index (χ0) is 20.0. The molecule has 148 valence electrons. The van der Waals surface area contributed by atoms with Crippen molar-refractivity contribution < 1.29 is 14.3 Å². The van der Waals surface area contributed by atoms with Gasteiger partial charge in [0.25, 0.3) is 0 Å². The Bertz CT molecular complexity index is 1110. The SMILES string of the molecule is Cc1cccc([C@@H]2c3[nH]c4ccccc4c3CCN2C(=O)CN2CCOC2=O)n1. The second kappa shape index (κ2) is 6.92. The van der Waals surface area contributed by atoms with Gasteiger partial charge in [0.1, 0.15) is 19.2 Å². The number of carbonyl (C=O) groups excluding carboxylic acids is 2. The van der Waals surface area contributed by atoms with Crippen molar-refractivity contribution in [2.75, 3.05) is 26.2 Å². The number of fused-ring (bicyclic) bond motifs is 3. The van der Waals surface area contributed by atoms with Gasteiger partial charge in [0.2, 0.25) is 5.91 Å². The van der Waals surface area contributed by atoms with E-state index in [1.807, 2.05) is 42.2 Å². The topological polar surface area (TPSA) is 78.5 Å². The second-order valence-corrected chi connectivity index (χ2v) is 7.54. The molecule has 2 aliphatic rings. The lowest BCUT2D eigenvalue weighted by atomic mass is 9.94. The zero-order valence-corrected chi connectivity index (χ0v) is 16.2. The van der Waals surface area contributed by atoms with Gasteiger partial charge in [-0.2, -0.15) is 0 Å². The third-order valence-electron chi connectivity index (χ3n) is 5.72. The summed E-state index contributed by atoms with van der Waals surface area (Å²) in [6.45, 7) is 3.34. The first-order chi connectivity index (χ1) is 14.1. The zero-order valence-electron chi connectivity index (χ0n) is 16.2. The molecule has 1 N–H and O–H groups in total. The molecule has 29 heavy (non-hydrogen) atoms. The van der Waals surface area contributed by atoms with Crippen LogP contribution >= 0.6 is 0 Å². The van der Waals surface area contributed by atoms with Gasteiger partial charge < -0.3 is 14.6 Å². The third-order valence-corrected chi connectivity index (χ3v) is 5.72. The molecule has 2 aromatic heterocycles. The van der Waals surface area contributed by atoms with E-state index in [9.17, 15) is 9.59 Å². The van der Waals surface area contributed by atoms with E-state index in [0.29, 0.717) is 19.7 Å². The van der Waals surface area contributed by atoms with Crippen molar-refractivity contribution in [1.29, 1.82) is 0 Å². The molecule has 5 rings (SSSR count). The average Bonchev–Trinajstić information content (AvgIpc) is 3.30. The molecule has 0 bridgehead atoms. The number of nitrogens with one attached hydrogen (secondary N) is 1. The van der Waals surface area contributed by atoms with Crippen LogP contribution in [0.4, 0.5) is 4.79 Å². The minimum atomic E-state index is -0.424. The van der Waals surface area contributed by atoms with Crippen LogP contribution in [0, 0.1) is 6.92 Å². The van der Waals surface area contributed by atoms with Crippen molar-refractivity contribution in [3.05, 3.63) is 65.1 Å². The molecule has 1 saturated heterocycles. The lowest BCUT2D eigenvalue weighted by molar-refractivity contribution is -0.134. The standard InChI is InChI=1S/C22H22N4O3/c1-14-5-4-8-18(23-14)21-20-16(15-6-2-3-7-17(15)24-20)9-10-26(21)19(27)13-25-11-12-29-22(25)28/h2-8,21,24H,9-13H2,1H3/t21-/m1/s1. The number of nitrogens with zero attached hydrogens (tertiary/aromatic N) is 3. The molecule has 2 aliphatic heterocycles. The van der Waals surface area contributed by atoms with Gasteiger partial charge in [0, 0.05) is 28.8 Å². The Labute approximate surface area is 168 Å². The van der Waals surface area contributed by atoms with Crippen LogP contribution in [0.5, 0.6) is 0 Å². The summed E-state index contributed by atoms with van der Waals surface area (Å²) in [6, 6.07) is 13.8. The number of rotatable bonds is 3. The van der Waals surface area contributed by atoms with Crippen molar-refractivity contribution >= 4 is 22.9 Å². The molecule has 1 atom stereocenters. The molecular weight excluding hydrogens is 368 g/mol. The summed E-state index contributed by atoms with van der Waals surface area (Å²) >= 11 is 0. The fourth-order valence-corrected chi connectivity index (χ4v) is 4.36. The number of cyclic esters (lactones) is 1. The summed E-state index contributed by atoms with van der Waals surface area (Å²) < 4.78 is 4.97. The first-order valence-corrected chi connectivity index (χ1v) is 9.86. The Morgan fingerprint density at radius 2 is 2.07 bits per heavy atom. The van der Waals surface area contributed by atoms with Crippen LogP contribution in [0.2, 0.25) is 0 Å². The predicted molar refractivity (Wildman–Crippen MR) is 107 cm³/mol. The van der Waals surface area contributed by atoms with Gasteiger partial charge in [-0.25, -0.2) is 4.79 Å². The van der Waals surface area contributed by atoms with Gasteiger partial charge in [0.05, 0.1) is 12.2 Å². The van der Waals surface area contributed by atoms with Crippen LogP contribution in [0.25, 0.3) is 10.9 Å². The van der Waals surface area contributed by atoms with Crippen molar-refractivity contribution in [2.45, 2.75) is 19.4 Å². The maximum absolute atomic E-state index is 13.2. The van der Waals surface area contributed by atoms with E-state index in [1.54, 1.807) is 0 Å². The van der Waals surface area contributed by atoms with Crippen molar-refractivity contribution in [2.24, 2.45) is 0 Å². The minimum Gasteiger partial charge on any atom is -0.448 e. The van der Waals surface area contributed by atoms with E-state index in [0.717, 1.165) is 29.0 Å². The van der Waals surface area contributed by atoms with Crippen molar-refractivity contribution in [3.8, 4) is 0 Å². The summed E-state index contributed by atoms with van der Waals surface area (Å²) in [5, 5.41) is 1.19. The first-order valence-electron chi connectivity index (χ1n) is 9.86. The normalized spacial score (nSPS) is 18.8. The number of hydrogen-bond acceptors (Lipinski definition) is 4. The van der Waals surface area contributed by atoms with Crippen molar-refractivity contribution in [3.63, 3.8) is 0 Å². The molecule has 7 heteroatoms. The van der Waals surface area contributed by atoms with Gasteiger partial charge in [-0.1, -0.05) is 24.3 Å². The number of ether oxygens (including phenoxy) is 1. The monoisotopic (exact) mass is 390 g/mol. The van der Waals surface area contributed by atoms with Gasteiger partial charge in [0.15, 0.2) is 0 Å².